The van der Waals surface area contributed by atoms with Crippen LogP contribution in [0, 0.1) is 17.7 Å². The average Bonchev–Trinajstić information content (AvgIpc) is 3.07. The number of hydrogen-bond acceptors (Lipinski definition) is 4. The van der Waals surface area contributed by atoms with Crippen LogP contribution in [0.25, 0.3) is 0 Å². The molecule has 2 N–H and O–H groups in total. The van der Waals surface area contributed by atoms with E-state index in [1.54, 1.807) is 12.1 Å². The Balaban J connectivity index is 1.34. The number of halogens is 1. The summed E-state index contributed by atoms with van der Waals surface area (Å²) in [4.78, 5) is 24.7. The summed E-state index contributed by atoms with van der Waals surface area (Å²) in [6.07, 6.45) is 3.04. The summed E-state index contributed by atoms with van der Waals surface area (Å²) >= 11 is 0. The van der Waals surface area contributed by atoms with Crippen molar-refractivity contribution in [2.45, 2.75) is 25.0 Å². The molecule has 5 rings (SSSR count). The van der Waals surface area contributed by atoms with Crippen LogP contribution in [0.5, 0.6) is 0 Å². The maximum absolute atomic E-state index is 15.2. The molecule has 162 valence electrons. The Bertz CT molecular complexity index is 1020. The van der Waals surface area contributed by atoms with Crippen LogP contribution in [-0.4, -0.2) is 44.3 Å². The third-order valence-corrected chi connectivity index (χ3v) is 6.90. The summed E-state index contributed by atoms with van der Waals surface area (Å²) in [5.74, 6) is 0.304. The summed E-state index contributed by atoms with van der Waals surface area (Å²) in [5, 5.41) is 6.08. The van der Waals surface area contributed by atoms with E-state index in [9.17, 15) is 9.59 Å². The molecule has 0 bridgehead atoms. The molecule has 0 radical (unpaired) electrons. The molecule has 2 saturated heterocycles. The molecule has 1 aliphatic carbocycles. The quantitative estimate of drug-likeness (QED) is 0.686. The third kappa shape index (κ3) is 3.44. The Morgan fingerprint density at radius 2 is 2.16 bits per heavy atom. The highest BCUT2D eigenvalue weighted by atomic mass is 19.1. The number of ether oxygens (including phenoxy) is 1. The van der Waals surface area contributed by atoms with E-state index < -0.39 is 18.0 Å². The molecule has 4 atom stereocenters. The molecule has 3 aliphatic rings. The standard InChI is InChI=1S/C23H25FN4O3/c1-15(29)26-10-17-12-28(22(30)31-17)21-6-5-16(9-20(21)24)23-14-25-11-18(23)19(23)13-27-7-3-2-4-8-27/h2-9,17-19,25H,10-14H2,1H3/p+1/t17-,18+,19+,23?/m0/s1. The van der Waals surface area contributed by atoms with Crippen molar-refractivity contribution >= 4 is 17.7 Å². The van der Waals surface area contributed by atoms with Gasteiger partial charge in [0.05, 0.1) is 18.8 Å². The van der Waals surface area contributed by atoms with Crippen LogP contribution < -0.4 is 20.1 Å². The first-order chi connectivity index (χ1) is 15.0. The second-order valence-electron chi connectivity index (χ2n) is 8.68. The van der Waals surface area contributed by atoms with Crippen molar-refractivity contribution < 1.29 is 23.3 Å². The molecule has 2 amide bonds. The molecule has 1 unspecified atom stereocenters. The van der Waals surface area contributed by atoms with Crippen LogP contribution in [0.3, 0.4) is 0 Å². The highest BCUT2D eigenvalue weighted by Gasteiger charge is 2.69. The van der Waals surface area contributed by atoms with Crippen LogP contribution in [-0.2, 0) is 21.5 Å². The fraction of sp³-hybridized carbons (Fsp3) is 0.435. The molecule has 3 heterocycles. The van der Waals surface area contributed by atoms with Crippen molar-refractivity contribution in [3.63, 3.8) is 0 Å². The van der Waals surface area contributed by atoms with Gasteiger partial charge in [-0.15, -0.1) is 0 Å². The molecule has 0 spiro atoms. The van der Waals surface area contributed by atoms with Crippen molar-refractivity contribution in [1.82, 2.24) is 10.6 Å². The Hall–Kier alpha value is -3.00. The molecule has 2 aromatic rings. The van der Waals surface area contributed by atoms with Gasteiger partial charge in [-0.25, -0.2) is 13.8 Å². The number of nitrogens with one attached hydrogen (secondary N) is 2. The molecule has 31 heavy (non-hydrogen) atoms. The number of pyridine rings is 1. The zero-order chi connectivity index (χ0) is 21.6. The van der Waals surface area contributed by atoms with E-state index >= 15 is 4.39 Å². The van der Waals surface area contributed by atoms with E-state index in [0.717, 1.165) is 25.2 Å². The fourth-order valence-electron chi connectivity index (χ4n) is 5.33. The van der Waals surface area contributed by atoms with Gasteiger partial charge in [-0.1, -0.05) is 12.1 Å². The number of amides is 2. The number of carbonyl (C=O) groups is 2. The molecule has 8 heteroatoms. The molecule has 1 aromatic carbocycles. The SMILES string of the molecule is CC(=O)NC[C@H]1CN(c2ccc(C34CNC[C@@H]3[C@H]4C[n+]3ccccc3)cc2F)C(=O)O1. The Morgan fingerprint density at radius 1 is 1.35 bits per heavy atom. The number of fused-ring (bicyclic) bond motifs is 1. The first-order valence-electron chi connectivity index (χ1n) is 10.7. The predicted octanol–water partition coefficient (Wildman–Crippen LogP) is 1.36. The Labute approximate surface area is 180 Å². The smallest absolute Gasteiger partial charge is 0.414 e. The molecule has 1 aromatic heterocycles. The van der Waals surface area contributed by atoms with Crippen LogP contribution in [0.2, 0.25) is 0 Å². The number of nitrogens with zero attached hydrogens (tertiary/aromatic N) is 2. The summed E-state index contributed by atoms with van der Waals surface area (Å²) in [6.45, 7) is 4.49. The van der Waals surface area contributed by atoms with Gasteiger partial charge in [-0.2, -0.15) is 0 Å². The van der Waals surface area contributed by atoms with Crippen molar-refractivity contribution in [3.8, 4) is 0 Å². The number of hydrogen-bond donors (Lipinski definition) is 2. The number of piperidine rings is 1. The second-order valence-corrected chi connectivity index (χ2v) is 8.68. The van der Waals surface area contributed by atoms with Crippen LogP contribution in [0.4, 0.5) is 14.9 Å². The monoisotopic (exact) mass is 425 g/mol. The zero-order valence-electron chi connectivity index (χ0n) is 17.4. The maximum atomic E-state index is 15.2. The lowest BCUT2D eigenvalue weighted by Crippen LogP contribution is -2.37. The first-order valence-corrected chi connectivity index (χ1v) is 10.7. The topological polar surface area (TPSA) is 74.6 Å². The van der Waals surface area contributed by atoms with E-state index in [-0.39, 0.29) is 30.1 Å². The van der Waals surface area contributed by atoms with Gasteiger partial charge in [0.25, 0.3) is 0 Å². The largest absolute Gasteiger partial charge is 0.442 e. The van der Waals surface area contributed by atoms with Gasteiger partial charge < -0.3 is 15.4 Å². The van der Waals surface area contributed by atoms with Gasteiger partial charge in [-0.3, -0.25) is 9.69 Å². The summed E-state index contributed by atoms with van der Waals surface area (Å²) < 4.78 is 22.6. The van der Waals surface area contributed by atoms with Crippen molar-refractivity contribution in [2.24, 2.45) is 11.8 Å². The first kappa shape index (κ1) is 19.9. The van der Waals surface area contributed by atoms with Gasteiger partial charge >= 0.3 is 6.09 Å². The number of aromatic nitrogens is 1. The normalized spacial score (nSPS) is 28.9. The third-order valence-electron chi connectivity index (χ3n) is 6.90. The minimum atomic E-state index is -0.592. The van der Waals surface area contributed by atoms with Crippen molar-refractivity contribution in [3.05, 3.63) is 60.2 Å². The molecule has 2 aliphatic heterocycles. The molecular weight excluding hydrogens is 399 g/mol. The van der Waals surface area contributed by atoms with E-state index in [4.69, 9.17) is 4.74 Å². The second kappa shape index (κ2) is 7.60. The Kier molecular flexibility index (Phi) is 4.89. The average molecular weight is 425 g/mol. The summed E-state index contributed by atoms with van der Waals surface area (Å²) in [5.41, 5.74) is 1.13. The zero-order valence-corrected chi connectivity index (χ0v) is 17.4. The lowest BCUT2D eigenvalue weighted by Gasteiger charge is -2.19. The summed E-state index contributed by atoms with van der Waals surface area (Å²) in [7, 11) is 0. The molecule has 1 saturated carbocycles. The number of rotatable bonds is 6. The van der Waals surface area contributed by atoms with E-state index in [1.807, 2.05) is 24.3 Å². The molecular formula is C23H26FN4O3+. The van der Waals surface area contributed by atoms with Crippen LogP contribution >= 0.6 is 0 Å². The highest BCUT2D eigenvalue weighted by Crippen LogP contribution is 2.62. The van der Waals surface area contributed by atoms with E-state index in [1.165, 1.54) is 11.8 Å². The van der Waals surface area contributed by atoms with E-state index in [0.29, 0.717) is 11.8 Å². The highest BCUT2D eigenvalue weighted by molar-refractivity contribution is 5.90. The molecule has 7 nitrogen and oxygen atoms in total. The number of carbonyl (C=O) groups excluding carboxylic acids is 2. The number of cyclic esters (lactones) is 1. The summed E-state index contributed by atoms with van der Waals surface area (Å²) in [6, 6.07) is 11.3. The lowest BCUT2D eigenvalue weighted by molar-refractivity contribution is -0.701. The van der Waals surface area contributed by atoms with Gasteiger partial charge in [0, 0.05) is 36.9 Å². The maximum Gasteiger partial charge on any atom is 0.414 e. The lowest BCUT2D eigenvalue weighted by atomic mass is 9.92. The number of benzene rings is 1. The van der Waals surface area contributed by atoms with E-state index in [2.05, 4.69) is 27.6 Å². The van der Waals surface area contributed by atoms with Crippen LogP contribution in [0.15, 0.2) is 48.8 Å². The minimum Gasteiger partial charge on any atom is -0.442 e. The number of anilines is 1. The minimum absolute atomic E-state index is 0.0678. The van der Waals surface area contributed by atoms with Crippen molar-refractivity contribution in [1.29, 1.82) is 0 Å². The van der Waals surface area contributed by atoms with Gasteiger partial charge in [-0.05, 0) is 30.2 Å². The molecule has 3 fully saturated rings. The fourth-order valence-corrected chi connectivity index (χ4v) is 5.33. The van der Waals surface area contributed by atoms with Crippen LogP contribution in [0.1, 0.15) is 12.5 Å². The van der Waals surface area contributed by atoms with Gasteiger partial charge in [0.15, 0.2) is 18.9 Å². The Morgan fingerprint density at radius 3 is 2.90 bits per heavy atom. The van der Waals surface area contributed by atoms with Gasteiger partial charge in [0.1, 0.15) is 11.9 Å². The van der Waals surface area contributed by atoms with Gasteiger partial charge in [0.2, 0.25) is 5.91 Å². The predicted molar refractivity (Wildman–Crippen MR) is 111 cm³/mol. The van der Waals surface area contributed by atoms with Crippen molar-refractivity contribution in [2.75, 3.05) is 31.1 Å².